The highest BCUT2D eigenvalue weighted by atomic mass is 32.2. The van der Waals surface area contributed by atoms with E-state index in [1.165, 1.54) is 24.2 Å². The second kappa shape index (κ2) is 7.96. The van der Waals surface area contributed by atoms with Crippen molar-refractivity contribution >= 4 is 23.8 Å². The average Bonchev–Trinajstić information content (AvgIpc) is 2.33. The molecule has 0 amide bonds. The van der Waals surface area contributed by atoms with E-state index < -0.39 is 5.97 Å². The number of carboxylic acids is 1. The summed E-state index contributed by atoms with van der Waals surface area (Å²) >= 11 is 1.94. The van der Waals surface area contributed by atoms with Crippen LogP contribution in [0.15, 0.2) is 30.3 Å². The van der Waals surface area contributed by atoms with Crippen molar-refractivity contribution in [2.75, 3.05) is 5.75 Å². The van der Waals surface area contributed by atoms with Gasteiger partial charge in [0.25, 0.3) is 0 Å². The molecule has 0 aromatic heterocycles. The average molecular weight is 250 g/mol. The third-order valence-electron chi connectivity index (χ3n) is 2.31. The first-order valence-corrected chi connectivity index (χ1v) is 6.95. The van der Waals surface area contributed by atoms with E-state index in [-0.39, 0.29) is 0 Å². The van der Waals surface area contributed by atoms with Crippen LogP contribution in [0.4, 0.5) is 0 Å². The van der Waals surface area contributed by atoms with Crippen LogP contribution >= 0.6 is 11.8 Å². The van der Waals surface area contributed by atoms with Gasteiger partial charge in [-0.25, -0.2) is 4.79 Å². The quantitative estimate of drug-likeness (QED) is 0.590. The van der Waals surface area contributed by atoms with E-state index in [0.717, 1.165) is 17.4 Å². The van der Waals surface area contributed by atoms with Gasteiger partial charge in [-0.1, -0.05) is 37.6 Å². The molecule has 92 valence electrons. The predicted molar refractivity (Wildman–Crippen MR) is 74.2 cm³/mol. The first kappa shape index (κ1) is 13.8. The molecule has 3 heteroatoms. The third kappa shape index (κ3) is 6.17. The molecule has 0 aliphatic rings. The van der Waals surface area contributed by atoms with Crippen LogP contribution in [0.3, 0.4) is 0 Å². The molecule has 0 spiro atoms. The largest absolute Gasteiger partial charge is 0.478 e. The molecule has 1 aromatic carbocycles. The van der Waals surface area contributed by atoms with Gasteiger partial charge in [0.05, 0.1) is 0 Å². The number of benzene rings is 1. The molecule has 0 fully saturated rings. The van der Waals surface area contributed by atoms with Crippen molar-refractivity contribution in [3.8, 4) is 0 Å². The maximum Gasteiger partial charge on any atom is 0.328 e. The Hall–Kier alpha value is -1.22. The highest BCUT2D eigenvalue weighted by Crippen LogP contribution is 2.15. The number of thioether (sulfide) groups is 1. The zero-order valence-corrected chi connectivity index (χ0v) is 10.9. The summed E-state index contributed by atoms with van der Waals surface area (Å²) in [6, 6.07) is 8.02. The van der Waals surface area contributed by atoms with Gasteiger partial charge in [-0.3, -0.25) is 0 Å². The van der Waals surface area contributed by atoms with E-state index >= 15 is 0 Å². The van der Waals surface area contributed by atoms with Crippen LogP contribution in [0.5, 0.6) is 0 Å². The Morgan fingerprint density at radius 3 is 2.65 bits per heavy atom. The van der Waals surface area contributed by atoms with E-state index in [1.807, 2.05) is 23.9 Å². The molecule has 0 heterocycles. The first-order valence-electron chi connectivity index (χ1n) is 5.80. The smallest absolute Gasteiger partial charge is 0.328 e. The Balaban J connectivity index is 2.42. The van der Waals surface area contributed by atoms with Crippen LogP contribution < -0.4 is 0 Å². The summed E-state index contributed by atoms with van der Waals surface area (Å²) in [5.74, 6) is 1.32. The van der Waals surface area contributed by atoms with Gasteiger partial charge >= 0.3 is 5.97 Å². The third-order valence-corrected chi connectivity index (χ3v) is 3.42. The van der Waals surface area contributed by atoms with Gasteiger partial charge in [-0.15, -0.1) is 0 Å². The summed E-state index contributed by atoms with van der Waals surface area (Å²) in [5.41, 5.74) is 2.22. The van der Waals surface area contributed by atoms with Crippen molar-refractivity contribution in [1.82, 2.24) is 0 Å². The molecule has 1 aromatic rings. The summed E-state index contributed by atoms with van der Waals surface area (Å²) < 4.78 is 0. The van der Waals surface area contributed by atoms with E-state index in [9.17, 15) is 4.79 Å². The monoisotopic (exact) mass is 250 g/mol. The van der Waals surface area contributed by atoms with Crippen molar-refractivity contribution in [3.63, 3.8) is 0 Å². The predicted octanol–water partition coefficient (Wildman–Crippen LogP) is 3.82. The lowest BCUT2D eigenvalue weighted by atomic mass is 10.1. The Kier molecular flexibility index (Phi) is 6.48. The molecule has 0 atom stereocenters. The number of aliphatic carboxylic acids is 1. The van der Waals surface area contributed by atoms with Gasteiger partial charge in [-0.05, 0) is 29.4 Å². The van der Waals surface area contributed by atoms with Crippen molar-refractivity contribution in [2.24, 2.45) is 0 Å². The Bertz CT molecular complexity index is 368. The van der Waals surface area contributed by atoms with E-state index in [4.69, 9.17) is 5.11 Å². The fourth-order valence-electron chi connectivity index (χ4n) is 1.33. The molecule has 1 rings (SSSR count). The topological polar surface area (TPSA) is 37.3 Å². The molecule has 0 bridgehead atoms. The lowest BCUT2D eigenvalue weighted by Crippen LogP contribution is -1.86. The lowest BCUT2D eigenvalue weighted by Gasteiger charge is -2.01. The van der Waals surface area contributed by atoms with Crippen LogP contribution in [0, 0.1) is 0 Å². The zero-order chi connectivity index (χ0) is 12.5. The van der Waals surface area contributed by atoms with Crippen LogP contribution in [0.2, 0.25) is 0 Å². The minimum Gasteiger partial charge on any atom is -0.478 e. The SMILES string of the molecule is CCCCSCc1ccc(/C=C/C(=O)O)cc1. The fraction of sp³-hybridized carbons (Fsp3) is 0.357. The number of carboxylic acid groups (broad SMARTS) is 1. The van der Waals surface area contributed by atoms with Crippen molar-refractivity contribution in [1.29, 1.82) is 0 Å². The number of carbonyl (C=O) groups is 1. The molecule has 0 aliphatic carbocycles. The molecule has 0 saturated heterocycles. The Morgan fingerprint density at radius 1 is 1.35 bits per heavy atom. The number of hydrogen-bond acceptors (Lipinski definition) is 2. The number of unbranched alkanes of at least 4 members (excludes halogenated alkanes) is 1. The van der Waals surface area contributed by atoms with Crippen molar-refractivity contribution < 1.29 is 9.90 Å². The van der Waals surface area contributed by atoms with Gasteiger partial charge < -0.3 is 5.11 Å². The van der Waals surface area contributed by atoms with Crippen LogP contribution in [0.25, 0.3) is 6.08 Å². The summed E-state index contributed by atoms with van der Waals surface area (Å²) in [6.07, 6.45) is 5.28. The lowest BCUT2D eigenvalue weighted by molar-refractivity contribution is -0.131. The fourth-order valence-corrected chi connectivity index (χ4v) is 2.39. The summed E-state index contributed by atoms with van der Waals surface area (Å²) in [6.45, 7) is 2.20. The summed E-state index contributed by atoms with van der Waals surface area (Å²) in [4.78, 5) is 10.4. The van der Waals surface area contributed by atoms with E-state index in [0.29, 0.717) is 0 Å². The highest BCUT2D eigenvalue weighted by molar-refractivity contribution is 7.98. The minimum atomic E-state index is -0.913. The van der Waals surface area contributed by atoms with Crippen LogP contribution in [-0.4, -0.2) is 16.8 Å². The number of hydrogen-bond donors (Lipinski definition) is 1. The molecule has 1 N–H and O–H groups in total. The Labute approximate surface area is 107 Å². The second-order valence-electron chi connectivity index (χ2n) is 3.82. The van der Waals surface area contributed by atoms with Crippen LogP contribution in [-0.2, 0) is 10.5 Å². The first-order chi connectivity index (χ1) is 8.22. The normalized spacial score (nSPS) is 10.9. The van der Waals surface area contributed by atoms with E-state index in [2.05, 4.69) is 19.1 Å². The summed E-state index contributed by atoms with van der Waals surface area (Å²) in [7, 11) is 0. The second-order valence-corrected chi connectivity index (χ2v) is 4.92. The van der Waals surface area contributed by atoms with Gasteiger partial charge in [-0.2, -0.15) is 11.8 Å². The van der Waals surface area contributed by atoms with Crippen molar-refractivity contribution in [3.05, 3.63) is 41.5 Å². The maximum atomic E-state index is 10.4. The van der Waals surface area contributed by atoms with E-state index in [1.54, 1.807) is 6.08 Å². The van der Waals surface area contributed by atoms with Gasteiger partial charge in [0.2, 0.25) is 0 Å². The molecule has 0 aliphatic heterocycles. The molecular formula is C14H18O2S. The van der Waals surface area contributed by atoms with Gasteiger partial charge in [0.15, 0.2) is 0 Å². The number of rotatable bonds is 7. The molecule has 0 unspecified atom stereocenters. The van der Waals surface area contributed by atoms with Gasteiger partial charge in [0.1, 0.15) is 0 Å². The highest BCUT2D eigenvalue weighted by Gasteiger charge is 1.94. The molecule has 0 radical (unpaired) electrons. The maximum absolute atomic E-state index is 10.4. The molecule has 2 nitrogen and oxygen atoms in total. The zero-order valence-electron chi connectivity index (χ0n) is 10.1. The minimum absolute atomic E-state index is 0.913. The van der Waals surface area contributed by atoms with Crippen LogP contribution in [0.1, 0.15) is 30.9 Å². The molecule has 0 saturated carbocycles. The van der Waals surface area contributed by atoms with Crippen molar-refractivity contribution in [2.45, 2.75) is 25.5 Å². The van der Waals surface area contributed by atoms with Gasteiger partial charge in [0, 0.05) is 11.8 Å². The molecular weight excluding hydrogens is 232 g/mol. The summed E-state index contributed by atoms with van der Waals surface area (Å²) in [5, 5.41) is 8.51. The Morgan fingerprint density at radius 2 is 2.06 bits per heavy atom. The molecule has 17 heavy (non-hydrogen) atoms. The standard InChI is InChI=1S/C14H18O2S/c1-2-3-10-17-11-13-6-4-12(5-7-13)8-9-14(15)16/h4-9H,2-3,10-11H2,1H3,(H,15,16)/b9-8+.